The van der Waals surface area contributed by atoms with Gasteiger partial charge in [0.05, 0.1) is 11.9 Å². The van der Waals surface area contributed by atoms with E-state index in [0.717, 1.165) is 28.9 Å². The van der Waals surface area contributed by atoms with E-state index in [2.05, 4.69) is 43.0 Å². The number of aromatic nitrogens is 4. The lowest BCUT2D eigenvalue weighted by atomic mass is 10.2. The largest absolute Gasteiger partial charge is 0.368 e. The summed E-state index contributed by atoms with van der Waals surface area (Å²) in [7, 11) is 0. The van der Waals surface area contributed by atoms with Crippen molar-refractivity contribution < 1.29 is 4.79 Å². The molecule has 1 saturated heterocycles. The molecule has 9 heteroatoms. The molecule has 2 aromatic heterocycles. The summed E-state index contributed by atoms with van der Waals surface area (Å²) in [6.07, 6.45) is 2.94. The number of rotatable bonds is 4. The fraction of sp³-hybridized carbons (Fsp3) is 0.217. The molecule has 3 heterocycles. The van der Waals surface area contributed by atoms with Gasteiger partial charge in [-0.3, -0.25) is 14.2 Å². The summed E-state index contributed by atoms with van der Waals surface area (Å²) in [4.78, 5) is 34.3. The topological polar surface area (TPSA) is 76.3 Å². The third kappa shape index (κ3) is 3.91. The summed E-state index contributed by atoms with van der Waals surface area (Å²) >= 11 is 3.41. The minimum absolute atomic E-state index is 0.0312. The number of halogens is 1. The lowest BCUT2D eigenvalue weighted by Crippen LogP contribution is -2.50. The summed E-state index contributed by atoms with van der Waals surface area (Å²) in [6, 6.07) is 17.8. The lowest BCUT2D eigenvalue weighted by Gasteiger charge is -2.36. The summed E-state index contributed by atoms with van der Waals surface area (Å²) in [5.74, 6) is -0.0822. The van der Waals surface area contributed by atoms with Gasteiger partial charge in [0.2, 0.25) is 5.91 Å². The van der Waals surface area contributed by atoms with Crippen molar-refractivity contribution in [2.75, 3.05) is 31.1 Å². The van der Waals surface area contributed by atoms with Gasteiger partial charge in [0.1, 0.15) is 18.3 Å². The molecule has 1 fully saturated rings. The molecular weight excluding hydrogens is 472 g/mol. The van der Waals surface area contributed by atoms with E-state index in [1.807, 2.05) is 42.5 Å². The molecule has 0 aliphatic carbocycles. The normalized spacial score (nSPS) is 14.2. The Morgan fingerprint density at radius 2 is 1.66 bits per heavy atom. The lowest BCUT2D eigenvalue weighted by molar-refractivity contribution is -0.132. The molecular formula is C23H21BrN6O2. The van der Waals surface area contributed by atoms with Crippen molar-refractivity contribution in [2.45, 2.75) is 6.54 Å². The first-order chi connectivity index (χ1) is 15.6. The van der Waals surface area contributed by atoms with Crippen molar-refractivity contribution in [3.8, 4) is 5.69 Å². The van der Waals surface area contributed by atoms with Gasteiger partial charge in [-0.15, -0.1) is 0 Å². The van der Waals surface area contributed by atoms with Crippen LogP contribution in [0.3, 0.4) is 0 Å². The SMILES string of the molecule is O=C(Cn1cnc2c(cnn2-c2ccc(Br)cc2)c1=O)N1CCN(c2ccccc2)CC1. The molecule has 0 unspecified atom stereocenters. The first kappa shape index (κ1) is 20.4. The van der Waals surface area contributed by atoms with Gasteiger partial charge in [0.15, 0.2) is 5.65 Å². The molecule has 2 aromatic carbocycles. The van der Waals surface area contributed by atoms with Crippen LogP contribution in [0, 0.1) is 0 Å². The number of carbonyl (C=O) groups is 1. The standard InChI is InChI=1S/C23H21BrN6O2/c24-17-6-8-19(9-7-17)30-22-20(14-26-30)23(32)29(16-25-22)15-21(31)28-12-10-27(11-13-28)18-4-2-1-3-5-18/h1-9,14,16H,10-13,15H2. The second kappa shape index (κ2) is 8.58. The first-order valence-electron chi connectivity index (χ1n) is 10.4. The number of piperazine rings is 1. The van der Waals surface area contributed by atoms with Crippen LogP contribution in [0.1, 0.15) is 0 Å². The third-order valence-corrected chi connectivity index (χ3v) is 6.21. The molecule has 1 amide bonds. The van der Waals surface area contributed by atoms with E-state index in [0.29, 0.717) is 24.1 Å². The number of para-hydroxylation sites is 1. The minimum Gasteiger partial charge on any atom is -0.368 e. The van der Waals surface area contributed by atoms with Gasteiger partial charge in [-0.25, -0.2) is 9.67 Å². The Hall–Kier alpha value is -3.46. The van der Waals surface area contributed by atoms with Gasteiger partial charge in [-0.2, -0.15) is 5.10 Å². The molecule has 0 N–H and O–H groups in total. The Balaban J connectivity index is 1.30. The number of hydrogen-bond donors (Lipinski definition) is 0. The van der Waals surface area contributed by atoms with E-state index in [1.165, 1.54) is 17.1 Å². The fourth-order valence-corrected chi connectivity index (χ4v) is 4.20. The number of hydrogen-bond acceptors (Lipinski definition) is 5. The van der Waals surface area contributed by atoms with Crippen LogP contribution in [0.15, 0.2) is 76.4 Å². The average Bonchev–Trinajstić information content (AvgIpc) is 3.27. The van der Waals surface area contributed by atoms with Gasteiger partial charge < -0.3 is 9.80 Å². The number of amides is 1. The van der Waals surface area contributed by atoms with Crippen LogP contribution in [-0.2, 0) is 11.3 Å². The highest BCUT2D eigenvalue weighted by molar-refractivity contribution is 9.10. The van der Waals surface area contributed by atoms with Crippen molar-refractivity contribution in [3.63, 3.8) is 0 Å². The van der Waals surface area contributed by atoms with Crippen molar-refractivity contribution >= 4 is 38.6 Å². The molecule has 162 valence electrons. The highest BCUT2D eigenvalue weighted by atomic mass is 79.9. The molecule has 4 aromatic rings. The van der Waals surface area contributed by atoms with Crippen LogP contribution < -0.4 is 10.5 Å². The number of benzene rings is 2. The molecule has 0 saturated carbocycles. The van der Waals surface area contributed by atoms with E-state index in [-0.39, 0.29) is 18.0 Å². The Kier molecular flexibility index (Phi) is 5.48. The van der Waals surface area contributed by atoms with Crippen LogP contribution in [0.2, 0.25) is 0 Å². The minimum atomic E-state index is -0.269. The first-order valence-corrected chi connectivity index (χ1v) is 11.2. The zero-order valence-electron chi connectivity index (χ0n) is 17.3. The Bertz CT molecular complexity index is 1310. The summed E-state index contributed by atoms with van der Waals surface area (Å²) < 4.78 is 3.94. The molecule has 0 atom stereocenters. The maximum absolute atomic E-state index is 13.0. The van der Waals surface area contributed by atoms with Gasteiger partial charge in [-0.1, -0.05) is 34.1 Å². The number of anilines is 1. The Labute approximate surface area is 192 Å². The number of nitrogens with zero attached hydrogens (tertiary/aromatic N) is 6. The maximum atomic E-state index is 13.0. The van der Waals surface area contributed by atoms with E-state index in [1.54, 1.807) is 9.58 Å². The van der Waals surface area contributed by atoms with Crippen LogP contribution >= 0.6 is 15.9 Å². The fourth-order valence-electron chi connectivity index (χ4n) is 3.93. The van der Waals surface area contributed by atoms with Crippen LogP contribution in [0.25, 0.3) is 16.7 Å². The predicted octanol–water partition coefficient (Wildman–Crippen LogP) is 2.69. The van der Waals surface area contributed by atoms with Crippen LogP contribution in [0.5, 0.6) is 0 Å². The van der Waals surface area contributed by atoms with Crippen LogP contribution in [-0.4, -0.2) is 56.3 Å². The second-order valence-corrected chi connectivity index (χ2v) is 8.57. The average molecular weight is 493 g/mol. The number of carbonyl (C=O) groups excluding carboxylic acids is 1. The van der Waals surface area contributed by atoms with Crippen molar-refractivity contribution in [3.05, 3.63) is 81.9 Å². The van der Waals surface area contributed by atoms with Gasteiger partial charge in [-0.05, 0) is 36.4 Å². The highest BCUT2D eigenvalue weighted by Crippen LogP contribution is 2.18. The van der Waals surface area contributed by atoms with Gasteiger partial charge in [0.25, 0.3) is 5.56 Å². The maximum Gasteiger partial charge on any atom is 0.264 e. The third-order valence-electron chi connectivity index (χ3n) is 5.69. The molecule has 0 bridgehead atoms. The van der Waals surface area contributed by atoms with E-state index < -0.39 is 0 Å². The second-order valence-electron chi connectivity index (χ2n) is 7.65. The van der Waals surface area contributed by atoms with Gasteiger partial charge >= 0.3 is 0 Å². The monoisotopic (exact) mass is 492 g/mol. The van der Waals surface area contributed by atoms with E-state index >= 15 is 0 Å². The van der Waals surface area contributed by atoms with Gasteiger partial charge in [0, 0.05) is 36.3 Å². The highest BCUT2D eigenvalue weighted by Gasteiger charge is 2.22. The predicted molar refractivity (Wildman–Crippen MR) is 126 cm³/mol. The molecule has 1 aliphatic rings. The molecule has 8 nitrogen and oxygen atoms in total. The molecule has 0 spiro atoms. The summed E-state index contributed by atoms with van der Waals surface area (Å²) in [5.41, 5.74) is 2.17. The zero-order valence-corrected chi connectivity index (χ0v) is 18.9. The van der Waals surface area contributed by atoms with E-state index in [4.69, 9.17) is 0 Å². The molecule has 1 aliphatic heterocycles. The summed E-state index contributed by atoms with van der Waals surface area (Å²) in [6.45, 7) is 2.75. The Morgan fingerprint density at radius 3 is 2.38 bits per heavy atom. The zero-order chi connectivity index (χ0) is 22.1. The van der Waals surface area contributed by atoms with Crippen molar-refractivity contribution in [2.24, 2.45) is 0 Å². The van der Waals surface area contributed by atoms with E-state index in [9.17, 15) is 9.59 Å². The molecule has 0 radical (unpaired) electrons. The molecule has 32 heavy (non-hydrogen) atoms. The van der Waals surface area contributed by atoms with Crippen molar-refractivity contribution in [1.82, 2.24) is 24.2 Å². The number of fused-ring (bicyclic) bond motifs is 1. The smallest absolute Gasteiger partial charge is 0.264 e. The molecule has 5 rings (SSSR count). The van der Waals surface area contributed by atoms with Crippen LogP contribution in [0.4, 0.5) is 5.69 Å². The quantitative estimate of drug-likeness (QED) is 0.437. The summed E-state index contributed by atoms with van der Waals surface area (Å²) in [5, 5.41) is 4.71. The Morgan fingerprint density at radius 1 is 0.938 bits per heavy atom. The van der Waals surface area contributed by atoms with Crippen molar-refractivity contribution in [1.29, 1.82) is 0 Å².